The van der Waals surface area contributed by atoms with Gasteiger partial charge in [-0.25, -0.2) is 9.97 Å². The molecule has 0 saturated carbocycles. The van der Waals surface area contributed by atoms with E-state index < -0.39 is 0 Å². The molecule has 0 amide bonds. The third kappa shape index (κ3) is 3.45. The van der Waals surface area contributed by atoms with Crippen molar-refractivity contribution in [2.24, 2.45) is 5.73 Å². The van der Waals surface area contributed by atoms with Crippen LogP contribution in [0.15, 0.2) is 30.5 Å². The van der Waals surface area contributed by atoms with Crippen molar-refractivity contribution in [3.05, 3.63) is 36.2 Å². The van der Waals surface area contributed by atoms with E-state index in [2.05, 4.69) is 9.97 Å². The molecule has 0 fully saturated rings. The first-order chi connectivity index (χ1) is 9.62. The van der Waals surface area contributed by atoms with Gasteiger partial charge in [0.05, 0.1) is 14.2 Å². The molecule has 0 saturated heterocycles. The summed E-state index contributed by atoms with van der Waals surface area (Å²) in [5, 5.41) is 0. The van der Waals surface area contributed by atoms with Crippen LogP contribution in [0.25, 0.3) is 11.4 Å². The van der Waals surface area contributed by atoms with Crippen molar-refractivity contribution in [2.75, 3.05) is 14.2 Å². The van der Waals surface area contributed by atoms with E-state index in [1.54, 1.807) is 20.4 Å². The smallest absolute Gasteiger partial charge is 0.159 e. The number of nitrogens with zero attached hydrogens (tertiary/aromatic N) is 2. The van der Waals surface area contributed by atoms with E-state index in [-0.39, 0.29) is 6.04 Å². The van der Waals surface area contributed by atoms with Gasteiger partial charge >= 0.3 is 0 Å². The second-order valence-electron chi connectivity index (χ2n) is 4.65. The van der Waals surface area contributed by atoms with Crippen LogP contribution in [0.3, 0.4) is 0 Å². The quantitative estimate of drug-likeness (QED) is 0.902. The Morgan fingerprint density at radius 2 is 1.80 bits per heavy atom. The first-order valence-corrected chi connectivity index (χ1v) is 6.43. The SMILES string of the molecule is COc1cc(OC)cc(-c2nccc(CC(C)N)n2)c1. The molecule has 20 heavy (non-hydrogen) atoms. The Balaban J connectivity index is 2.40. The van der Waals surface area contributed by atoms with Crippen LogP contribution in [0.2, 0.25) is 0 Å². The number of ether oxygens (including phenoxy) is 2. The first-order valence-electron chi connectivity index (χ1n) is 6.43. The van der Waals surface area contributed by atoms with Gasteiger partial charge in [-0.15, -0.1) is 0 Å². The third-order valence-electron chi connectivity index (χ3n) is 2.85. The van der Waals surface area contributed by atoms with Crippen LogP contribution in [-0.2, 0) is 6.42 Å². The highest BCUT2D eigenvalue weighted by molar-refractivity contribution is 5.60. The molecule has 1 aromatic heterocycles. The van der Waals surface area contributed by atoms with Crippen LogP contribution >= 0.6 is 0 Å². The lowest BCUT2D eigenvalue weighted by Gasteiger charge is -2.09. The van der Waals surface area contributed by atoms with E-state index in [0.29, 0.717) is 17.3 Å². The molecule has 0 aliphatic heterocycles. The number of aromatic nitrogens is 2. The van der Waals surface area contributed by atoms with E-state index in [0.717, 1.165) is 17.7 Å². The molecule has 2 aromatic rings. The number of hydrogen-bond acceptors (Lipinski definition) is 5. The Bertz CT molecular complexity index is 563. The zero-order valence-corrected chi connectivity index (χ0v) is 12.0. The summed E-state index contributed by atoms with van der Waals surface area (Å²) in [6.07, 6.45) is 2.46. The molecule has 1 unspecified atom stereocenters. The van der Waals surface area contributed by atoms with Crippen molar-refractivity contribution in [1.82, 2.24) is 9.97 Å². The summed E-state index contributed by atoms with van der Waals surface area (Å²) in [5.41, 5.74) is 7.58. The number of nitrogens with two attached hydrogens (primary N) is 1. The highest BCUT2D eigenvalue weighted by Gasteiger charge is 2.08. The Labute approximate surface area is 118 Å². The van der Waals surface area contributed by atoms with Gasteiger partial charge in [0.15, 0.2) is 5.82 Å². The van der Waals surface area contributed by atoms with E-state index in [1.807, 2.05) is 31.2 Å². The fourth-order valence-electron chi connectivity index (χ4n) is 1.92. The molecule has 0 aliphatic rings. The summed E-state index contributed by atoms with van der Waals surface area (Å²) in [4.78, 5) is 8.84. The molecule has 1 heterocycles. The zero-order valence-electron chi connectivity index (χ0n) is 12.0. The minimum absolute atomic E-state index is 0.0672. The fourth-order valence-corrected chi connectivity index (χ4v) is 1.92. The van der Waals surface area contributed by atoms with Crippen LogP contribution < -0.4 is 15.2 Å². The van der Waals surface area contributed by atoms with Gasteiger partial charge in [0.1, 0.15) is 11.5 Å². The molecule has 0 spiro atoms. The van der Waals surface area contributed by atoms with Gasteiger partial charge in [-0.1, -0.05) is 0 Å². The molecule has 1 aromatic carbocycles. The number of hydrogen-bond donors (Lipinski definition) is 1. The highest BCUT2D eigenvalue weighted by Crippen LogP contribution is 2.27. The van der Waals surface area contributed by atoms with Gasteiger partial charge in [0, 0.05) is 36.0 Å². The maximum absolute atomic E-state index is 5.80. The number of rotatable bonds is 5. The lowest BCUT2D eigenvalue weighted by Crippen LogP contribution is -2.18. The van der Waals surface area contributed by atoms with Crippen LogP contribution in [-0.4, -0.2) is 30.2 Å². The standard InChI is InChI=1S/C15H19N3O2/c1-10(16)6-12-4-5-17-15(18-12)11-7-13(19-2)9-14(8-11)20-3/h4-5,7-10H,6,16H2,1-3H3. The maximum Gasteiger partial charge on any atom is 0.159 e. The van der Waals surface area contributed by atoms with Crippen LogP contribution in [0.4, 0.5) is 0 Å². The van der Waals surface area contributed by atoms with Crippen molar-refractivity contribution in [2.45, 2.75) is 19.4 Å². The predicted molar refractivity (Wildman–Crippen MR) is 77.9 cm³/mol. The zero-order chi connectivity index (χ0) is 14.5. The molecule has 5 nitrogen and oxygen atoms in total. The molecule has 5 heteroatoms. The number of methoxy groups -OCH3 is 2. The van der Waals surface area contributed by atoms with Crippen LogP contribution in [0, 0.1) is 0 Å². The normalized spacial score (nSPS) is 12.0. The summed E-state index contributed by atoms with van der Waals surface area (Å²) in [5.74, 6) is 2.06. The molecule has 106 valence electrons. The summed E-state index contributed by atoms with van der Waals surface area (Å²) in [7, 11) is 3.23. The van der Waals surface area contributed by atoms with Gasteiger partial charge in [-0.05, 0) is 25.1 Å². The molecule has 0 bridgehead atoms. The molecule has 0 radical (unpaired) electrons. The van der Waals surface area contributed by atoms with Crippen molar-refractivity contribution in [3.8, 4) is 22.9 Å². The van der Waals surface area contributed by atoms with Gasteiger partial charge in [0.25, 0.3) is 0 Å². The van der Waals surface area contributed by atoms with E-state index in [1.165, 1.54) is 0 Å². The molecule has 2 N–H and O–H groups in total. The third-order valence-corrected chi connectivity index (χ3v) is 2.85. The van der Waals surface area contributed by atoms with Gasteiger partial charge in [-0.2, -0.15) is 0 Å². The molecular weight excluding hydrogens is 254 g/mol. The molecule has 1 atom stereocenters. The lowest BCUT2D eigenvalue weighted by atomic mass is 10.1. The van der Waals surface area contributed by atoms with Gasteiger partial charge < -0.3 is 15.2 Å². The average Bonchev–Trinajstić information content (AvgIpc) is 2.46. The Kier molecular flexibility index (Phi) is 4.53. The summed E-state index contributed by atoms with van der Waals surface area (Å²) in [6, 6.07) is 7.53. The second kappa shape index (κ2) is 6.34. The van der Waals surface area contributed by atoms with Crippen molar-refractivity contribution in [3.63, 3.8) is 0 Å². The monoisotopic (exact) mass is 273 g/mol. The van der Waals surface area contributed by atoms with E-state index in [4.69, 9.17) is 15.2 Å². The Morgan fingerprint density at radius 3 is 2.35 bits per heavy atom. The minimum Gasteiger partial charge on any atom is -0.497 e. The lowest BCUT2D eigenvalue weighted by molar-refractivity contribution is 0.394. The largest absolute Gasteiger partial charge is 0.497 e. The topological polar surface area (TPSA) is 70.3 Å². The number of benzene rings is 1. The molecular formula is C15H19N3O2. The van der Waals surface area contributed by atoms with Gasteiger partial charge in [-0.3, -0.25) is 0 Å². The second-order valence-corrected chi connectivity index (χ2v) is 4.65. The van der Waals surface area contributed by atoms with Gasteiger partial charge in [0.2, 0.25) is 0 Å². The van der Waals surface area contributed by atoms with Crippen molar-refractivity contribution in [1.29, 1.82) is 0 Å². The van der Waals surface area contributed by atoms with E-state index in [9.17, 15) is 0 Å². The first kappa shape index (κ1) is 14.3. The summed E-state index contributed by atoms with van der Waals surface area (Å²) >= 11 is 0. The molecule has 0 aliphatic carbocycles. The minimum atomic E-state index is 0.0672. The predicted octanol–water partition coefficient (Wildman–Crippen LogP) is 2.05. The average molecular weight is 273 g/mol. The highest BCUT2D eigenvalue weighted by atomic mass is 16.5. The summed E-state index contributed by atoms with van der Waals surface area (Å²) < 4.78 is 10.5. The fraction of sp³-hybridized carbons (Fsp3) is 0.333. The molecule has 2 rings (SSSR count). The van der Waals surface area contributed by atoms with Crippen molar-refractivity contribution >= 4 is 0 Å². The summed E-state index contributed by atoms with van der Waals surface area (Å²) in [6.45, 7) is 1.95. The van der Waals surface area contributed by atoms with Crippen LogP contribution in [0.1, 0.15) is 12.6 Å². The maximum atomic E-state index is 5.80. The Hall–Kier alpha value is -2.14. The van der Waals surface area contributed by atoms with Crippen LogP contribution in [0.5, 0.6) is 11.5 Å². The van der Waals surface area contributed by atoms with E-state index >= 15 is 0 Å². The van der Waals surface area contributed by atoms with Crippen molar-refractivity contribution < 1.29 is 9.47 Å². The Morgan fingerprint density at radius 1 is 1.15 bits per heavy atom.